The summed E-state index contributed by atoms with van der Waals surface area (Å²) in [5, 5.41) is 5.69. The fraction of sp³-hybridized carbons (Fsp3) is 0.143. The first-order valence-corrected chi connectivity index (χ1v) is 9.25. The molecule has 3 aromatic heterocycles. The van der Waals surface area contributed by atoms with Gasteiger partial charge in [0.2, 0.25) is 0 Å². The molecule has 0 aliphatic heterocycles. The summed E-state index contributed by atoms with van der Waals surface area (Å²) < 4.78 is 1.65. The summed E-state index contributed by atoms with van der Waals surface area (Å²) in [7, 11) is 0. The Morgan fingerprint density at radius 2 is 1.75 bits per heavy atom. The Morgan fingerprint density at radius 1 is 0.950 bits per heavy atom. The molecule has 0 fully saturated rings. The Morgan fingerprint density at radius 3 is 2.35 bits per heavy atom. The molecule has 1 N–H and O–H groups in total. The third kappa shape index (κ3) is 3.45. The van der Waals surface area contributed by atoms with Gasteiger partial charge in [-0.2, -0.15) is 0 Å². The van der Waals surface area contributed by atoms with Crippen molar-refractivity contribution in [2.75, 3.05) is 0 Å². The van der Waals surface area contributed by atoms with E-state index in [1.54, 1.807) is 34.0 Å². The normalized spacial score (nSPS) is 12.7. The van der Waals surface area contributed by atoms with Crippen LogP contribution in [0, 0.1) is 0 Å². The number of nitrogens with one attached hydrogen (secondary N) is 1. The standard InChI is InChI=1S/C14H11Cl2NS3/c15-12-5-3-9(19-12)8-17-14(10-2-1-7-18-10)11-4-6-13(16)20-11/h1-7,14,17H,8H2. The second-order valence-electron chi connectivity index (χ2n) is 4.18. The van der Waals surface area contributed by atoms with E-state index in [9.17, 15) is 0 Å². The van der Waals surface area contributed by atoms with Crippen LogP contribution in [0.5, 0.6) is 0 Å². The van der Waals surface area contributed by atoms with Crippen molar-refractivity contribution < 1.29 is 0 Å². The van der Waals surface area contributed by atoms with Crippen LogP contribution in [-0.4, -0.2) is 0 Å². The molecule has 0 saturated heterocycles. The largest absolute Gasteiger partial charge is 0.300 e. The van der Waals surface area contributed by atoms with Crippen molar-refractivity contribution in [1.82, 2.24) is 5.32 Å². The maximum atomic E-state index is 6.07. The highest BCUT2D eigenvalue weighted by molar-refractivity contribution is 7.16. The van der Waals surface area contributed by atoms with Gasteiger partial charge < -0.3 is 0 Å². The first-order chi connectivity index (χ1) is 9.72. The molecule has 0 radical (unpaired) electrons. The van der Waals surface area contributed by atoms with E-state index in [-0.39, 0.29) is 6.04 Å². The van der Waals surface area contributed by atoms with Crippen molar-refractivity contribution in [3.05, 3.63) is 65.1 Å². The van der Waals surface area contributed by atoms with E-state index in [1.165, 1.54) is 14.6 Å². The topological polar surface area (TPSA) is 12.0 Å². The average Bonchev–Trinajstić information content (AvgIpc) is 3.13. The summed E-state index contributed by atoms with van der Waals surface area (Å²) in [6.07, 6.45) is 0. The molecule has 0 aliphatic rings. The number of rotatable bonds is 5. The van der Waals surface area contributed by atoms with E-state index in [1.807, 2.05) is 12.1 Å². The molecule has 0 aromatic carbocycles. The van der Waals surface area contributed by atoms with Gasteiger partial charge in [-0.3, -0.25) is 5.32 Å². The van der Waals surface area contributed by atoms with Crippen molar-refractivity contribution in [3.8, 4) is 0 Å². The zero-order chi connectivity index (χ0) is 13.9. The Bertz CT molecular complexity index is 672. The predicted octanol–water partition coefficient (Wildman–Crippen LogP) is 6.06. The first-order valence-electron chi connectivity index (χ1n) is 5.98. The van der Waals surface area contributed by atoms with Crippen LogP contribution < -0.4 is 5.32 Å². The lowest BCUT2D eigenvalue weighted by Crippen LogP contribution is -2.19. The van der Waals surface area contributed by atoms with Gasteiger partial charge in [-0.1, -0.05) is 29.3 Å². The van der Waals surface area contributed by atoms with Crippen LogP contribution >= 0.6 is 57.2 Å². The second-order valence-corrected chi connectivity index (χ2v) is 8.70. The van der Waals surface area contributed by atoms with Crippen molar-refractivity contribution in [2.45, 2.75) is 12.6 Å². The van der Waals surface area contributed by atoms with Crippen LogP contribution in [0.15, 0.2) is 41.8 Å². The van der Waals surface area contributed by atoms with Gasteiger partial charge in [0, 0.05) is 21.2 Å². The van der Waals surface area contributed by atoms with Crippen LogP contribution in [-0.2, 0) is 6.54 Å². The van der Waals surface area contributed by atoms with Gasteiger partial charge in [0.05, 0.1) is 14.7 Å². The number of thiophene rings is 3. The SMILES string of the molecule is Clc1ccc(CNC(c2cccs2)c2ccc(Cl)s2)s1. The molecule has 0 aliphatic carbocycles. The maximum absolute atomic E-state index is 6.07. The van der Waals surface area contributed by atoms with Gasteiger partial charge in [0.25, 0.3) is 0 Å². The lowest BCUT2D eigenvalue weighted by atomic mass is 10.2. The van der Waals surface area contributed by atoms with Gasteiger partial charge in [0.1, 0.15) is 0 Å². The third-order valence-corrected chi connectivity index (χ3v) is 6.28. The molecule has 0 saturated carbocycles. The summed E-state index contributed by atoms with van der Waals surface area (Å²) in [5.41, 5.74) is 0. The Labute approximate surface area is 139 Å². The van der Waals surface area contributed by atoms with Crippen LogP contribution in [0.2, 0.25) is 8.67 Å². The van der Waals surface area contributed by atoms with Crippen molar-refractivity contribution in [1.29, 1.82) is 0 Å². The van der Waals surface area contributed by atoms with Crippen LogP contribution in [0.3, 0.4) is 0 Å². The molecule has 3 aromatic rings. The lowest BCUT2D eigenvalue weighted by molar-refractivity contribution is 0.627. The molecule has 0 bridgehead atoms. The number of hydrogen-bond acceptors (Lipinski definition) is 4. The smallest absolute Gasteiger partial charge is 0.0931 e. The number of hydrogen-bond donors (Lipinski definition) is 1. The molecule has 0 amide bonds. The quantitative estimate of drug-likeness (QED) is 0.583. The van der Waals surface area contributed by atoms with Gasteiger partial charge in [-0.25, -0.2) is 0 Å². The van der Waals surface area contributed by atoms with Gasteiger partial charge in [0.15, 0.2) is 0 Å². The maximum Gasteiger partial charge on any atom is 0.0931 e. The highest BCUT2D eigenvalue weighted by Gasteiger charge is 2.17. The molecule has 3 heterocycles. The van der Waals surface area contributed by atoms with Crippen LogP contribution in [0.1, 0.15) is 20.7 Å². The van der Waals surface area contributed by atoms with E-state index < -0.39 is 0 Å². The molecule has 1 nitrogen and oxygen atoms in total. The van der Waals surface area contributed by atoms with Crippen molar-refractivity contribution in [2.24, 2.45) is 0 Å². The van der Waals surface area contributed by atoms with Gasteiger partial charge >= 0.3 is 0 Å². The third-order valence-electron chi connectivity index (χ3n) is 2.82. The fourth-order valence-corrected chi connectivity index (χ4v) is 5.02. The second kappa shape index (κ2) is 6.60. The Kier molecular flexibility index (Phi) is 4.81. The van der Waals surface area contributed by atoms with Gasteiger partial charge in [-0.05, 0) is 35.7 Å². The minimum atomic E-state index is 0.188. The van der Waals surface area contributed by atoms with Crippen LogP contribution in [0.4, 0.5) is 0 Å². The van der Waals surface area contributed by atoms with Crippen LogP contribution in [0.25, 0.3) is 0 Å². The molecule has 1 unspecified atom stereocenters. The Hall–Kier alpha value is -0.360. The molecule has 104 valence electrons. The molecular formula is C14H11Cl2NS3. The summed E-state index contributed by atoms with van der Waals surface area (Å²) >= 11 is 17.0. The van der Waals surface area contributed by atoms with E-state index >= 15 is 0 Å². The zero-order valence-electron chi connectivity index (χ0n) is 10.3. The minimum absolute atomic E-state index is 0.188. The molecule has 6 heteroatoms. The zero-order valence-corrected chi connectivity index (χ0v) is 14.3. The van der Waals surface area contributed by atoms with Crippen molar-refractivity contribution >= 4 is 57.2 Å². The molecule has 20 heavy (non-hydrogen) atoms. The summed E-state index contributed by atoms with van der Waals surface area (Å²) in [4.78, 5) is 3.77. The minimum Gasteiger partial charge on any atom is -0.300 e. The summed E-state index contributed by atoms with van der Waals surface area (Å²) in [6.45, 7) is 0.801. The molecule has 3 rings (SSSR count). The molecule has 0 spiro atoms. The highest BCUT2D eigenvalue weighted by Crippen LogP contribution is 2.33. The van der Waals surface area contributed by atoms with Gasteiger partial charge in [-0.15, -0.1) is 34.0 Å². The average molecular weight is 360 g/mol. The van der Waals surface area contributed by atoms with E-state index in [0.29, 0.717) is 0 Å². The fourth-order valence-electron chi connectivity index (χ4n) is 1.93. The highest BCUT2D eigenvalue weighted by atomic mass is 35.5. The summed E-state index contributed by atoms with van der Waals surface area (Å²) in [5.74, 6) is 0. The first kappa shape index (κ1) is 14.6. The van der Waals surface area contributed by atoms with E-state index in [2.05, 4.69) is 35.0 Å². The lowest BCUT2D eigenvalue weighted by Gasteiger charge is -2.15. The predicted molar refractivity (Wildman–Crippen MR) is 91.7 cm³/mol. The molecular weight excluding hydrogens is 349 g/mol. The van der Waals surface area contributed by atoms with E-state index in [0.717, 1.165) is 15.2 Å². The monoisotopic (exact) mass is 359 g/mol. The molecule has 1 atom stereocenters. The summed E-state index contributed by atoms with van der Waals surface area (Å²) in [6, 6.07) is 12.5. The van der Waals surface area contributed by atoms with Crippen molar-refractivity contribution in [3.63, 3.8) is 0 Å². The Balaban J connectivity index is 1.79. The number of halogens is 2. The van der Waals surface area contributed by atoms with E-state index in [4.69, 9.17) is 23.2 Å².